The molecule has 0 atom stereocenters. The molecule has 0 unspecified atom stereocenters. The fourth-order valence-electron chi connectivity index (χ4n) is 3.65. The number of rotatable bonds is 6. The lowest BCUT2D eigenvalue weighted by atomic mass is 10.0. The Morgan fingerprint density at radius 1 is 1.10 bits per heavy atom. The highest BCUT2D eigenvalue weighted by Crippen LogP contribution is 2.32. The molecule has 6 nitrogen and oxygen atoms in total. The van der Waals surface area contributed by atoms with Gasteiger partial charge in [-0.15, -0.1) is 0 Å². The molecule has 30 heavy (non-hydrogen) atoms. The third kappa shape index (κ3) is 3.29. The molecule has 154 valence electrons. The van der Waals surface area contributed by atoms with Gasteiger partial charge in [-0.3, -0.25) is 24.2 Å². The predicted molar refractivity (Wildman–Crippen MR) is 118 cm³/mol. The van der Waals surface area contributed by atoms with Crippen molar-refractivity contribution in [3.05, 3.63) is 58.7 Å². The molecule has 0 saturated carbocycles. The standard InChI is InChI=1S/C23H23N3O3S/c1-4-6-12-26-21(28)16-11-10-15(13-17(16)22(26)29)20(27)25(5-2)23-24-19-14(3)8-7-9-18(19)30-23/h7-11,13H,4-6,12H2,1-3H3. The van der Waals surface area contributed by atoms with Gasteiger partial charge in [0.05, 0.1) is 21.3 Å². The van der Waals surface area contributed by atoms with Gasteiger partial charge in [-0.25, -0.2) is 4.98 Å². The molecule has 0 fully saturated rings. The van der Waals surface area contributed by atoms with Crippen LogP contribution in [0.15, 0.2) is 36.4 Å². The predicted octanol–water partition coefficient (Wildman–Crippen LogP) is 4.67. The van der Waals surface area contributed by atoms with Crippen molar-refractivity contribution in [2.24, 2.45) is 0 Å². The van der Waals surface area contributed by atoms with Gasteiger partial charge in [-0.1, -0.05) is 36.8 Å². The molecule has 0 spiro atoms. The molecule has 2 aromatic carbocycles. The number of nitrogens with zero attached hydrogens (tertiary/aromatic N) is 3. The molecule has 0 radical (unpaired) electrons. The van der Waals surface area contributed by atoms with E-state index in [0.29, 0.717) is 34.9 Å². The Hall–Kier alpha value is -3.06. The number of benzene rings is 2. The molecular formula is C23H23N3O3S. The summed E-state index contributed by atoms with van der Waals surface area (Å²) < 4.78 is 1.03. The number of imide groups is 1. The van der Waals surface area contributed by atoms with E-state index in [2.05, 4.69) is 4.98 Å². The second-order valence-corrected chi connectivity index (χ2v) is 8.35. The van der Waals surface area contributed by atoms with Gasteiger partial charge in [0.2, 0.25) is 0 Å². The maximum Gasteiger partial charge on any atom is 0.261 e. The van der Waals surface area contributed by atoms with Crippen molar-refractivity contribution in [1.29, 1.82) is 0 Å². The SMILES string of the molecule is CCCCN1C(=O)c2ccc(C(=O)N(CC)c3nc4c(C)cccc4s3)cc2C1=O. The second kappa shape index (κ2) is 7.99. The Bertz CT molecular complexity index is 1170. The van der Waals surface area contributed by atoms with E-state index in [-0.39, 0.29) is 17.7 Å². The minimum Gasteiger partial charge on any atom is -0.284 e. The van der Waals surface area contributed by atoms with Crippen LogP contribution in [0.1, 0.15) is 63.3 Å². The van der Waals surface area contributed by atoms with Crippen molar-refractivity contribution in [2.75, 3.05) is 18.0 Å². The molecule has 2 heterocycles. The zero-order valence-electron chi connectivity index (χ0n) is 17.3. The monoisotopic (exact) mass is 421 g/mol. The quantitative estimate of drug-likeness (QED) is 0.543. The molecular weight excluding hydrogens is 398 g/mol. The number of carbonyl (C=O) groups excluding carboxylic acids is 3. The number of hydrogen-bond donors (Lipinski definition) is 0. The molecule has 0 bridgehead atoms. The van der Waals surface area contributed by atoms with E-state index in [1.165, 1.54) is 16.2 Å². The van der Waals surface area contributed by atoms with Crippen molar-refractivity contribution in [2.45, 2.75) is 33.6 Å². The lowest BCUT2D eigenvalue weighted by Crippen LogP contribution is -2.31. The highest BCUT2D eigenvalue weighted by molar-refractivity contribution is 7.22. The van der Waals surface area contributed by atoms with Crippen LogP contribution in [0.25, 0.3) is 10.2 Å². The summed E-state index contributed by atoms with van der Waals surface area (Å²) in [6.07, 6.45) is 1.65. The summed E-state index contributed by atoms with van der Waals surface area (Å²) in [4.78, 5) is 46.1. The van der Waals surface area contributed by atoms with Gasteiger partial charge in [0.1, 0.15) is 0 Å². The van der Waals surface area contributed by atoms with E-state index in [1.54, 1.807) is 23.1 Å². The van der Waals surface area contributed by atoms with Crippen LogP contribution >= 0.6 is 11.3 Å². The summed E-state index contributed by atoms with van der Waals surface area (Å²) in [7, 11) is 0. The largest absolute Gasteiger partial charge is 0.284 e. The molecule has 4 rings (SSSR count). The smallest absolute Gasteiger partial charge is 0.261 e. The fraction of sp³-hybridized carbons (Fsp3) is 0.304. The lowest BCUT2D eigenvalue weighted by molar-refractivity contribution is 0.0652. The van der Waals surface area contributed by atoms with Crippen LogP contribution in [0.5, 0.6) is 0 Å². The van der Waals surface area contributed by atoms with E-state index in [1.807, 2.05) is 39.0 Å². The molecule has 3 aromatic rings. The zero-order valence-corrected chi connectivity index (χ0v) is 18.1. The minimum absolute atomic E-state index is 0.232. The van der Waals surface area contributed by atoms with Gasteiger partial charge in [0.15, 0.2) is 5.13 Å². The number of anilines is 1. The molecule has 1 aliphatic rings. The molecule has 3 amide bonds. The van der Waals surface area contributed by atoms with Gasteiger partial charge in [0.25, 0.3) is 17.7 Å². The number of unbranched alkanes of at least 4 members (excludes halogenated alkanes) is 1. The van der Waals surface area contributed by atoms with E-state index in [9.17, 15) is 14.4 Å². The maximum atomic E-state index is 13.3. The molecule has 0 N–H and O–H groups in total. The summed E-state index contributed by atoms with van der Waals surface area (Å²) in [6.45, 7) is 6.75. The van der Waals surface area contributed by atoms with Gasteiger partial charge in [0, 0.05) is 18.7 Å². The highest BCUT2D eigenvalue weighted by Gasteiger charge is 2.36. The molecule has 1 aliphatic heterocycles. The van der Waals surface area contributed by atoms with E-state index >= 15 is 0 Å². The first kappa shape index (κ1) is 20.2. The summed E-state index contributed by atoms with van der Waals surface area (Å²) in [6, 6.07) is 10.7. The van der Waals surface area contributed by atoms with Crippen molar-refractivity contribution >= 4 is 44.4 Å². The first-order valence-corrected chi connectivity index (χ1v) is 11.0. The Morgan fingerprint density at radius 2 is 1.87 bits per heavy atom. The summed E-state index contributed by atoms with van der Waals surface area (Å²) >= 11 is 1.47. The number of para-hydroxylation sites is 1. The first-order valence-electron chi connectivity index (χ1n) is 10.1. The van der Waals surface area contributed by atoms with Crippen LogP contribution < -0.4 is 4.90 Å². The average Bonchev–Trinajstić information content (AvgIpc) is 3.27. The van der Waals surface area contributed by atoms with Crippen LogP contribution in [0, 0.1) is 6.92 Å². The van der Waals surface area contributed by atoms with Crippen LogP contribution in [0.2, 0.25) is 0 Å². The third-order valence-corrected chi connectivity index (χ3v) is 6.40. The number of fused-ring (bicyclic) bond motifs is 2. The first-order chi connectivity index (χ1) is 14.5. The van der Waals surface area contributed by atoms with Crippen LogP contribution in [-0.4, -0.2) is 40.7 Å². The fourth-order valence-corrected chi connectivity index (χ4v) is 4.76. The van der Waals surface area contributed by atoms with Gasteiger partial charge in [-0.2, -0.15) is 0 Å². The molecule has 1 aromatic heterocycles. The van der Waals surface area contributed by atoms with Gasteiger partial charge in [-0.05, 0) is 50.1 Å². The Kier molecular flexibility index (Phi) is 5.39. The minimum atomic E-state index is -0.322. The number of hydrogen-bond acceptors (Lipinski definition) is 5. The summed E-state index contributed by atoms with van der Waals surface area (Å²) in [5, 5.41) is 0.624. The topological polar surface area (TPSA) is 70.6 Å². The summed E-state index contributed by atoms with van der Waals surface area (Å²) in [5.41, 5.74) is 3.01. The van der Waals surface area contributed by atoms with Crippen LogP contribution in [0.4, 0.5) is 5.13 Å². The number of thiazole rings is 1. The van der Waals surface area contributed by atoms with Gasteiger partial charge < -0.3 is 0 Å². The molecule has 0 aliphatic carbocycles. The highest BCUT2D eigenvalue weighted by atomic mass is 32.1. The van der Waals surface area contributed by atoms with Crippen LogP contribution in [0.3, 0.4) is 0 Å². The van der Waals surface area contributed by atoms with E-state index in [0.717, 1.165) is 28.6 Å². The second-order valence-electron chi connectivity index (χ2n) is 7.34. The Morgan fingerprint density at radius 3 is 2.57 bits per heavy atom. The molecule has 0 saturated heterocycles. The average molecular weight is 422 g/mol. The molecule has 7 heteroatoms. The maximum absolute atomic E-state index is 13.3. The number of aryl methyl sites for hydroxylation is 1. The number of carbonyl (C=O) groups is 3. The van der Waals surface area contributed by atoms with Crippen molar-refractivity contribution < 1.29 is 14.4 Å². The van der Waals surface area contributed by atoms with Crippen molar-refractivity contribution in [1.82, 2.24) is 9.88 Å². The number of amides is 3. The lowest BCUT2D eigenvalue weighted by Gasteiger charge is -2.18. The zero-order chi connectivity index (χ0) is 21.4. The van der Waals surface area contributed by atoms with Crippen molar-refractivity contribution in [3.63, 3.8) is 0 Å². The third-order valence-electron chi connectivity index (χ3n) is 5.35. The summed E-state index contributed by atoms with van der Waals surface area (Å²) in [5.74, 6) is -0.836. The van der Waals surface area contributed by atoms with Crippen molar-refractivity contribution in [3.8, 4) is 0 Å². The van der Waals surface area contributed by atoms with Crippen LogP contribution in [-0.2, 0) is 0 Å². The Labute approximate surface area is 179 Å². The number of aromatic nitrogens is 1. The van der Waals surface area contributed by atoms with E-state index in [4.69, 9.17) is 0 Å². The Balaban J connectivity index is 1.66. The normalized spacial score (nSPS) is 13.2. The van der Waals surface area contributed by atoms with E-state index < -0.39 is 0 Å². The van der Waals surface area contributed by atoms with Gasteiger partial charge >= 0.3 is 0 Å².